The first-order chi connectivity index (χ1) is 16.3. The van der Waals surface area contributed by atoms with Crippen LogP contribution in [-0.4, -0.2) is 55.0 Å². The second kappa shape index (κ2) is 13.4. The third-order valence-corrected chi connectivity index (χ3v) is 25.2. The number of rotatable bonds is 15. The van der Waals surface area contributed by atoms with Gasteiger partial charge in [0.2, 0.25) is 8.32 Å². The van der Waals surface area contributed by atoms with Crippen LogP contribution in [-0.2, 0) is 13.3 Å². The average molecular weight is 577 g/mol. The van der Waals surface area contributed by atoms with Crippen LogP contribution < -0.4 is 0 Å². The highest BCUT2D eigenvalue weighted by atomic mass is 28.4. The van der Waals surface area contributed by atoms with E-state index in [2.05, 4.69) is 123 Å². The molecule has 0 aromatic heterocycles. The zero-order valence-electron chi connectivity index (χ0n) is 28.4. The summed E-state index contributed by atoms with van der Waals surface area (Å²) in [6.07, 6.45) is 1.39. The van der Waals surface area contributed by atoms with Crippen molar-refractivity contribution in [2.45, 2.75) is 174 Å². The van der Waals surface area contributed by atoms with Gasteiger partial charge in [0.25, 0.3) is 0 Å². The van der Waals surface area contributed by atoms with Gasteiger partial charge in [-0.2, -0.15) is 0 Å². The fourth-order valence-electron chi connectivity index (χ4n) is 5.30. The zero-order valence-corrected chi connectivity index (χ0v) is 31.4. The van der Waals surface area contributed by atoms with Crippen LogP contribution >= 0.6 is 0 Å². The number of hydrogen-bond donors (Lipinski definition) is 1. The van der Waals surface area contributed by atoms with Gasteiger partial charge in [0.05, 0.1) is 5.60 Å². The van der Waals surface area contributed by atoms with Crippen LogP contribution in [0.15, 0.2) is 0 Å². The van der Waals surface area contributed by atoms with Gasteiger partial charge in [-0.25, -0.2) is 0 Å². The molecule has 37 heavy (non-hydrogen) atoms. The number of aliphatic hydroxyl groups is 1. The lowest BCUT2D eigenvalue weighted by Gasteiger charge is -2.50. The molecule has 0 bridgehead atoms. The summed E-state index contributed by atoms with van der Waals surface area (Å²) in [7, 11) is -6.08. The second-order valence-corrected chi connectivity index (χ2v) is 30.9. The maximum atomic E-state index is 10.1. The molecule has 3 atom stereocenters. The summed E-state index contributed by atoms with van der Waals surface area (Å²) < 4.78 is 21.3. The predicted molar refractivity (Wildman–Crippen MR) is 171 cm³/mol. The summed E-state index contributed by atoms with van der Waals surface area (Å²) in [5, 5.41) is 10.4. The van der Waals surface area contributed by atoms with E-state index < -0.39 is 30.6 Å². The molecule has 7 heteroatoms. The molecule has 0 radical (unpaired) electrons. The molecule has 4 nitrogen and oxygen atoms in total. The Bertz CT molecular complexity index is 656. The van der Waals surface area contributed by atoms with E-state index >= 15 is 0 Å². The lowest BCUT2D eigenvalue weighted by atomic mass is 9.85. The van der Waals surface area contributed by atoms with E-state index in [-0.39, 0.29) is 28.7 Å². The first-order valence-electron chi connectivity index (χ1n) is 14.9. The van der Waals surface area contributed by atoms with Crippen LogP contribution in [0.1, 0.15) is 110 Å². The van der Waals surface area contributed by atoms with Gasteiger partial charge in [0.1, 0.15) is 0 Å². The molecule has 0 aromatic rings. The molecule has 1 N–H and O–H groups in total. The van der Waals surface area contributed by atoms with E-state index in [0.717, 1.165) is 6.42 Å². The van der Waals surface area contributed by atoms with Gasteiger partial charge in [-0.3, -0.25) is 0 Å². The summed E-state index contributed by atoms with van der Waals surface area (Å²) in [4.78, 5) is 0. The molecule has 0 aliphatic rings. The molecule has 0 rings (SSSR count). The summed E-state index contributed by atoms with van der Waals surface area (Å²) in [5.41, 5.74) is 1.10. The molecule has 0 unspecified atom stereocenters. The smallest absolute Gasteiger partial charge is 0.200 e. The van der Waals surface area contributed by atoms with Crippen molar-refractivity contribution in [3.05, 3.63) is 0 Å². The van der Waals surface area contributed by atoms with E-state index in [4.69, 9.17) is 13.3 Å². The number of hydrogen-bond acceptors (Lipinski definition) is 4. The van der Waals surface area contributed by atoms with Gasteiger partial charge in [-0.1, -0.05) is 90.0 Å². The molecular formula is C30H68O4Si3. The highest BCUT2D eigenvalue weighted by Crippen LogP contribution is 2.47. The Labute approximate surface area is 236 Å². The molecule has 0 fully saturated rings. The highest BCUT2D eigenvalue weighted by Gasteiger charge is 2.50. The van der Waals surface area contributed by atoms with Gasteiger partial charge in [-0.15, -0.1) is 0 Å². The lowest BCUT2D eigenvalue weighted by Crippen LogP contribution is -2.56. The number of aliphatic hydroxyl groups excluding tert-OH is 1. The Balaban J connectivity index is 6.45. The van der Waals surface area contributed by atoms with Gasteiger partial charge >= 0.3 is 0 Å². The summed E-state index contributed by atoms with van der Waals surface area (Å²) >= 11 is 0. The van der Waals surface area contributed by atoms with Crippen molar-refractivity contribution in [3.63, 3.8) is 0 Å². The van der Waals surface area contributed by atoms with Crippen molar-refractivity contribution in [2.75, 3.05) is 13.2 Å². The summed E-state index contributed by atoms with van der Waals surface area (Å²) in [6, 6.07) is 0. The normalized spacial score (nSPS) is 18.0. The molecule has 0 saturated heterocycles. The quantitative estimate of drug-likeness (QED) is 0.197. The van der Waals surface area contributed by atoms with Crippen molar-refractivity contribution in [1.29, 1.82) is 0 Å². The molecule has 0 aliphatic carbocycles. The molecule has 0 aliphatic heterocycles. The van der Waals surface area contributed by atoms with E-state index in [1.54, 1.807) is 0 Å². The lowest BCUT2D eigenvalue weighted by molar-refractivity contribution is -0.0408. The maximum Gasteiger partial charge on any atom is 0.200 e. The first kappa shape index (κ1) is 37.5. The third kappa shape index (κ3) is 9.53. The maximum absolute atomic E-state index is 10.1. The van der Waals surface area contributed by atoms with Crippen LogP contribution in [0.25, 0.3) is 0 Å². The van der Waals surface area contributed by atoms with Crippen LogP contribution in [0, 0.1) is 5.92 Å². The summed E-state index contributed by atoms with van der Waals surface area (Å²) in [5.74, 6) is 0.203. The molecule has 0 saturated carbocycles. The molecule has 0 amide bonds. The Morgan fingerprint density at radius 2 is 1.08 bits per heavy atom. The minimum Gasteiger partial charge on any atom is -0.416 e. The minimum absolute atomic E-state index is 0.0334. The standard InChI is InChI=1S/C30H68O4Si3/c1-23(2)37(24(3)4,25(5)6)33-27(19-20-31)21-30(14,34-36(17,18)29(11,12)13)26(7)22-32-35(15,16)28(8,9)10/h23-27,31H,19-22H2,1-18H3/t26-,27+,30+/m0/s1. The fourth-order valence-corrected chi connectivity index (χ4v) is 13.8. The first-order valence-corrected chi connectivity index (χ1v) is 22.9. The van der Waals surface area contributed by atoms with Crippen LogP contribution in [0.2, 0.25) is 52.9 Å². The van der Waals surface area contributed by atoms with Crippen molar-refractivity contribution in [3.8, 4) is 0 Å². The summed E-state index contributed by atoms with van der Waals surface area (Å²) in [6.45, 7) is 42.6. The van der Waals surface area contributed by atoms with Gasteiger partial charge in [0.15, 0.2) is 16.6 Å². The van der Waals surface area contributed by atoms with E-state index in [1.807, 2.05) is 0 Å². The van der Waals surface area contributed by atoms with Gasteiger partial charge in [-0.05, 0) is 66.2 Å². The molecule has 0 aromatic carbocycles. The minimum atomic E-state index is -2.11. The van der Waals surface area contributed by atoms with E-state index in [9.17, 15) is 5.11 Å². The third-order valence-electron chi connectivity index (χ3n) is 10.00. The van der Waals surface area contributed by atoms with Crippen molar-refractivity contribution < 1.29 is 18.4 Å². The second-order valence-electron chi connectivity index (χ2n) is 15.9. The van der Waals surface area contributed by atoms with Gasteiger partial charge < -0.3 is 18.4 Å². The largest absolute Gasteiger partial charge is 0.416 e. The van der Waals surface area contributed by atoms with Gasteiger partial charge in [0, 0.05) is 31.7 Å². The molecular weight excluding hydrogens is 509 g/mol. The Morgan fingerprint density at radius 3 is 1.41 bits per heavy atom. The fraction of sp³-hybridized carbons (Fsp3) is 1.00. The van der Waals surface area contributed by atoms with E-state index in [0.29, 0.717) is 29.7 Å². The van der Waals surface area contributed by atoms with Crippen LogP contribution in [0.3, 0.4) is 0 Å². The average Bonchev–Trinajstić information content (AvgIpc) is 2.67. The highest BCUT2D eigenvalue weighted by molar-refractivity contribution is 6.77. The van der Waals surface area contributed by atoms with Crippen molar-refractivity contribution >= 4 is 25.0 Å². The van der Waals surface area contributed by atoms with Crippen molar-refractivity contribution in [2.24, 2.45) is 5.92 Å². The Hall–Kier alpha value is 0.491. The molecule has 224 valence electrons. The van der Waals surface area contributed by atoms with E-state index in [1.165, 1.54) is 0 Å². The topological polar surface area (TPSA) is 47.9 Å². The SMILES string of the molecule is CC(C)[Si](O[C@H](CCO)C[C@@](C)(O[Si](C)(C)C(C)(C)C)[C@@H](C)CO[Si](C)(C)C(C)(C)C)(C(C)C)C(C)C. The zero-order chi connectivity index (χ0) is 29.8. The Morgan fingerprint density at radius 1 is 0.676 bits per heavy atom. The van der Waals surface area contributed by atoms with Crippen LogP contribution in [0.5, 0.6) is 0 Å². The Kier molecular flexibility index (Phi) is 13.6. The predicted octanol–water partition coefficient (Wildman–Crippen LogP) is 9.76. The monoisotopic (exact) mass is 576 g/mol. The molecule has 0 spiro atoms. The van der Waals surface area contributed by atoms with Crippen molar-refractivity contribution in [1.82, 2.24) is 0 Å². The van der Waals surface area contributed by atoms with Crippen LogP contribution in [0.4, 0.5) is 0 Å². The molecule has 0 heterocycles.